The van der Waals surface area contributed by atoms with Crippen LogP contribution in [0, 0.1) is 18.2 Å². The first kappa shape index (κ1) is 23.4. The second-order valence-corrected chi connectivity index (χ2v) is 9.94. The molecule has 1 saturated heterocycles. The minimum Gasteiger partial charge on any atom is -0.593 e. The zero-order valence-electron chi connectivity index (χ0n) is 19.0. The maximum absolute atomic E-state index is 13.3. The van der Waals surface area contributed by atoms with E-state index in [1.165, 1.54) is 18.3 Å². The van der Waals surface area contributed by atoms with E-state index in [0.29, 0.717) is 24.6 Å². The normalized spacial score (nSPS) is 19.5. The Bertz CT molecular complexity index is 1140. The van der Waals surface area contributed by atoms with Crippen LogP contribution in [0.25, 0.3) is 0 Å². The van der Waals surface area contributed by atoms with Crippen LogP contribution in [0.2, 0.25) is 0 Å². The molecule has 2 atom stereocenters. The van der Waals surface area contributed by atoms with Gasteiger partial charge in [0.25, 0.3) is 0 Å². The lowest BCUT2D eigenvalue weighted by molar-refractivity contribution is 0.135. The first-order valence-electron chi connectivity index (χ1n) is 10.7. The molecule has 4 rings (SSSR count). The molecule has 1 fully saturated rings. The van der Waals surface area contributed by atoms with Gasteiger partial charge in [-0.3, -0.25) is 4.68 Å². The first-order valence-corrected chi connectivity index (χ1v) is 11.8. The van der Waals surface area contributed by atoms with Gasteiger partial charge in [-0.2, -0.15) is 5.10 Å². The molecule has 174 valence electrons. The third-order valence-corrected chi connectivity index (χ3v) is 7.50. The number of methoxy groups -OCH3 is 1. The summed E-state index contributed by atoms with van der Waals surface area (Å²) >= 11 is -1.30. The minimum atomic E-state index is -1.30. The van der Waals surface area contributed by atoms with E-state index >= 15 is 0 Å². The molecule has 1 aliphatic rings. The molecule has 2 N–H and O–H groups in total. The van der Waals surface area contributed by atoms with Crippen molar-refractivity contribution in [2.45, 2.75) is 23.7 Å². The summed E-state index contributed by atoms with van der Waals surface area (Å²) in [6.45, 7) is 3.76. The van der Waals surface area contributed by atoms with Gasteiger partial charge in [0.1, 0.15) is 12.0 Å². The second kappa shape index (κ2) is 9.64. The van der Waals surface area contributed by atoms with Gasteiger partial charge >= 0.3 is 0 Å². The van der Waals surface area contributed by atoms with E-state index in [1.807, 2.05) is 30.4 Å². The molecule has 1 aliphatic heterocycles. The van der Waals surface area contributed by atoms with Crippen molar-refractivity contribution in [3.05, 3.63) is 71.3 Å². The summed E-state index contributed by atoms with van der Waals surface area (Å²) in [5.74, 6) is -0.296. The topological polar surface area (TPSA) is 89.2 Å². The zero-order valence-corrected chi connectivity index (χ0v) is 19.8. The van der Waals surface area contributed by atoms with Crippen molar-refractivity contribution in [3.8, 4) is 0 Å². The van der Waals surface area contributed by atoms with E-state index in [1.54, 1.807) is 36.3 Å². The first-order chi connectivity index (χ1) is 15.8. The predicted molar refractivity (Wildman–Crippen MR) is 128 cm³/mol. The van der Waals surface area contributed by atoms with Crippen LogP contribution in [0.4, 0.5) is 15.8 Å². The molecular formula is C24H28FN5O2S. The maximum Gasteiger partial charge on any atom is 0.211 e. The average molecular weight is 470 g/mol. The number of benzene rings is 2. The third-order valence-electron chi connectivity index (χ3n) is 6.10. The molecule has 2 unspecified atom stereocenters. The number of hydrogen-bond donors (Lipinski definition) is 2. The third kappa shape index (κ3) is 4.81. The number of halogens is 1. The second-order valence-electron chi connectivity index (χ2n) is 8.46. The largest absolute Gasteiger partial charge is 0.593 e. The van der Waals surface area contributed by atoms with E-state index in [-0.39, 0.29) is 11.2 Å². The Kier molecular flexibility index (Phi) is 6.85. The number of aryl methyl sites for hydroxylation is 2. The summed E-state index contributed by atoms with van der Waals surface area (Å²) < 4.78 is 35.7. The van der Waals surface area contributed by atoms with E-state index in [9.17, 15) is 8.94 Å². The summed E-state index contributed by atoms with van der Waals surface area (Å²) in [5.41, 5.74) is 4.04. The zero-order chi connectivity index (χ0) is 23.6. The van der Waals surface area contributed by atoms with Crippen molar-refractivity contribution >= 4 is 29.0 Å². The highest BCUT2D eigenvalue weighted by Crippen LogP contribution is 2.40. The molecule has 0 saturated carbocycles. The average Bonchev–Trinajstić information content (AvgIpc) is 3.42. The molecule has 9 heteroatoms. The Hall–Kier alpha value is -2.72. The Morgan fingerprint density at radius 2 is 2.09 bits per heavy atom. The molecule has 1 aromatic heterocycles. The summed E-state index contributed by atoms with van der Waals surface area (Å²) in [7, 11) is 3.49. The van der Waals surface area contributed by atoms with Crippen molar-refractivity contribution in [3.63, 3.8) is 0 Å². The number of nitrogens with one attached hydrogen (secondary N) is 2. The van der Waals surface area contributed by atoms with Crippen molar-refractivity contribution in [1.82, 2.24) is 14.1 Å². The lowest BCUT2D eigenvalue weighted by Crippen LogP contribution is -2.38. The fourth-order valence-electron chi connectivity index (χ4n) is 4.52. The van der Waals surface area contributed by atoms with Gasteiger partial charge in [-0.1, -0.05) is 0 Å². The van der Waals surface area contributed by atoms with Gasteiger partial charge in [-0.15, -0.1) is 4.31 Å². The van der Waals surface area contributed by atoms with Crippen LogP contribution in [0.5, 0.6) is 0 Å². The van der Waals surface area contributed by atoms with Gasteiger partial charge in [-0.25, -0.2) is 4.39 Å². The highest BCUT2D eigenvalue weighted by Gasteiger charge is 2.45. The van der Waals surface area contributed by atoms with Crippen LogP contribution in [0.3, 0.4) is 0 Å². The van der Waals surface area contributed by atoms with Crippen molar-refractivity contribution in [2.75, 3.05) is 32.1 Å². The van der Waals surface area contributed by atoms with Crippen molar-refractivity contribution in [2.24, 2.45) is 7.05 Å². The lowest BCUT2D eigenvalue weighted by Gasteiger charge is -2.31. The lowest BCUT2D eigenvalue weighted by atomic mass is 9.77. The molecule has 0 amide bonds. The molecule has 7 nitrogen and oxygen atoms in total. The molecule has 2 heterocycles. The number of nitrogens with zero attached hydrogens (tertiary/aromatic N) is 3. The van der Waals surface area contributed by atoms with E-state index in [2.05, 4.69) is 10.4 Å². The summed E-state index contributed by atoms with van der Waals surface area (Å²) in [6, 6.07) is 10.2. The molecule has 2 aromatic carbocycles. The molecule has 0 spiro atoms. The van der Waals surface area contributed by atoms with Crippen LogP contribution in [0.15, 0.2) is 53.7 Å². The number of ether oxygens (including phenoxy) is 1. The summed E-state index contributed by atoms with van der Waals surface area (Å²) in [5, 5.41) is 15.4. The minimum absolute atomic E-state index is 0.296. The molecule has 0 aliphatic carbocycles. The van der Waals surface area contributed by atoms with E-state index < -0.39 is 11.4 Å². The van der Waals surface area contributed by atoms with Gasteiger partial charge in [-0.05, 0) is 60.9 Å². The Labute approximate surface area is 196 Å². The van der Waals surface area contributed by atoms with Gasteiger partial charge in [0, 0.05) is 49.3 Å². The number of rotatable bonds is 8. The Balaban J connectivity index is 1.64. The number of aromatic nitrogens is 2. The smallest absolute Gasteiger partial charge is 0.211 e. The standard InChI is InChI=1S/C24H28FN5O2S/c1-17-10-23(28-20-6-4-19(25)5-7-20)18(12-26)11-22(17)24(16-32-3)8-9-30(15-24)33(31)21-13-27-29(2)14-21/h4-7,10-14,26,28H,8-9,15-16H2,1-3H3. The van der Waals surface area contributed by atoms with Crippen LogP contribution in [-0.2, 0) is 28.6 Å². The fraction of sp³-hybridized carbons (Fsp3) is 0.333. The summed E-state index contributed by atoms with van der Waals surface area (Å²) in [6.07, 6.45) is 5.52. The highest BCUT2D eigenvalue weighted by molar-refractivity contribution is 7.89. The Morgan fingerprint density at radius 1 is 1.33 bits per heavy atom. The van der Waals surface area contributed by atoms with Crippen LogP contribution in [-0.4, -0.2) is 51.7 Å². The van der Waals surface area contributed by atoms with Crippen molar-refractivity contribution in [1.29, 1.82) is 5.41 Å². The highest BCUT2D eigenvalue weighted by atomic mass is 32.2. The monoisotopic (exact) mass is 469 g/mol. The van der Waals surface area contributed by atoms with Crippen LogP contribution >= 0.6 is 0 Å². The molecule has 0 radical (unpaired) electrons. The van der Waals surface area contributed by atoms with Crippen molar-refractivity contribution < 1.29 is 13.7 Å². The number of anilines is 2. The van der Waals surface area contributed by atoms with E-state index in [4.69, 9.17) is 10.1 Å². The van der Waals surface area contributed by atoms with Crippen LogP contribution in [0.1, 0.15) is 23.1 Å². The Morgan fingerprint density at radius 3 is 2.73 bits per heavy atom. The van der Waals surface area contributed by atoms with Gasteiger partial charge in [0.15, 0.2) is 0 Å². The molecule has 3 aromatic rings. The van der Waals surface area contributed by atoms with Crippen LogP contribution < -0.4 is 5.32 Å². The van der Waals surface area contributed by atoms with Gasteiger partial charge in [0.05, 0.1) is 30.7 Å². The molecular weight excluding hydrogens is 441 g/mol. The maximum atomic E-state index is 13.3. The predicted octanol–water partition coefficient (Wildman–Crippen LogP) is 3.92. The van der Waals surface area contributed by atoms with Gasteiger partial charge in [0.2, 0.25) is 4.90 Å². The van der Waals surface area contributed by atoms with E-state index in [0.717, 1.165) is 34.5 Å². The SMILES string of the molecule is COCC1(c2cc(C=N)c(Nc3ccc(F)cc3)cc2C)CCN([S+]([O-])c2cnn(C)c2)C1. The quantitative estimate of drug-likeness (QED) is 0.386. The van der Waals surface area contributed by atoms with Gasteiger partial charge < -0.3 is 20.0 Å². The fourth-order valence-corrected chi connectivity index (χ4v) is 5.82. The molecule has 0 bridgehead atoms. The molecule has 33 heavy (non-hydrogen) atoms. The number of hydrogen-bond acceptors (Lipinski definition) is 6. The summed E-state index contributed by atoms with van der Waals surface area (Å²) in [4.78, 5) is 0.682.